The fourth-order valence-electron chi connectivity index (χ4n) is 6.28. The van der Waals surface area contributed by atoms with E-state index >= 15 is 0 Å². The van der Waals surface area contributed by atoms with Gasteiger partial charge in [0.05, 0.1) is 19.3 Å². The van der Waals surface area contributed by atoms with E-state index in [-0.39, 0.29) is 11.3 Å². The Morgan fingerprint density at radius 1 is 0.630 bits per heavy atom. The van der Waals surface area contributed by atoms with Crippen LogP contribution in [0.15, 0.2) is 39.5 Å². The van der Waals surface area contributed by atoms with Crippen molar-refractivity contribution in [3.8, 4) is 40.1 Å². The first-order valence-corrected chi connectivity index (χ1v) is 16.5. The number of fused-ring (bicyclic) bond motifs is 1. The van der Waals surface area contributed by atoms with Crippen LogP contribution in [0, 0.1) is 0 Å². The van der Waals surface area contributed by atoms with Gasteiger partial charge in [0.15, 0.2) is 29.7 Å². The second-order valence-electron chi connectivity index (χ2n) is 13.0. The highest BCUT2D eigenvalue weighted by Crippen LogP contribution is 2.41. The number of hydrogen-bond acceptors (Lipinski definition) is 21. The van der Waals surface area contributed by atoms with Crippen molar-refractivity contribution in [2.75, 3.05) is 13.2 Å². The number of phenols is 3. The molecule has 0 radical (unpaired) electrons. The van der Waals surface area contributed by atoms with Crippen LogP contribution in [0.1, 0.15) is 6.92 Å². The highest BCUT2D eigenvalue weighted by molar-refractivity contribution is 5.88. The zero-order chi connectivity index (χ0) is 39.3. The van der Waals surface area contributed by atoms with E-state index in [4.69, 9.17) is 32.8 Å². The van der Waals surface area contributed by atoms with E-state index in [2.05, 4.69) is 0 Å². The van der Waals surface area contributed by atoms with Crippen LogP contribution in [-0.2, 0) is 18.9 Å². The topological polar surface area (TPSA) is 349 Å². The lowest BCUT2D eigenvalue weighted by Gasteiger charge is -2.45. The summed E-state index contributed by atoms with van der Waals surface area (Å²) in [6.45, 7) is -0.348. The number of aliphatic hydroxyl groups is 10. The van der Waals surface area contributed by atoms with Crippen LogP contribution in [0.25, 0.3) is 22.3 Å². The van der Waals surface area contributed by atoms with Gasteiger partial charge in [-0.05, 0) is 25.1 Å². The highest BCUT2D eigenvalue weighted by Gasteiger charge is 2.52. The molecule has 3 fully saturated rings. The Kier molecular flexibility index (Phi) is 11.5. The molecule has 2 aromatic carbocycles. The molecule has 3 aromatic rings. The Labute approximate surface area is 303 Å². The Bertz CT molecular complexity index is 1850. The molecule has 13 N–H and O–H groups in total. The Hall–Kier alpha value is -3.91. The summed E-state index contributed by atoms with van der Waals surface area (Å²) in [5.41, 5.74) is -1.67. The second-order valence-corrected chi connectivity index (χ2v) is 13.0. The normalized spacial score (nSPS) is 37.3. The molecular formula is C33H40O21. The average Bonchev–Trinajstić information content (AvgIpc) is 3.14. The summed E-state index contributed by atoms with van der Waals surface area (Å²) >= 11 is 0. The third-order valence-electron chi connectivity index (χ3n) is 9.40. The summed E-state index contributed by atoms with van der Waals surface area (Å²) in [5, 5.41) is 134. The van der Waals surface area contributed by atoms with Gasteiger partial charge in [-0.1, -0.05) is 0 Å². The first-order chi connectivity index (χ1) is 25.6. The molecule has 298 valence electrons. The third-order valence-corrected chi connectivity index (χ3v) is 9.40. The molecule has 21 nitrogen and oxygen atoms in total. The predicted molar refractivity (Wildman–Crippen MR) is 173 cm³/mol. The molecule has 0 bridgehead atoms. The van der Waals surface area contributed by atoms with Crippen molar-refractivity contribution < 1.29 is 99.2 Å². The molecule has 3 saturated heterocycles. The van der Waals surface area contributed by atoms with Crippen molar-refractivity contribution in [3.05, 3.63) is 40.6 Å². The molecule has 3 aliphatic heterocycles. The Morgan fingerprint density at radius 2 is 1.24 bits per heavy atom. The number of hydrogen-bond donors (Lipinski definition) is 13. The summed E-state index contributed by atoms with van der Waals surface area (Å²) in [4.78, 5) is 14.2. The molecule has 54 heavy (non-hydrogen) atoms. The smallest absolute Gasteiger partial charge is 0.239 e. The number of benzene rings is 2. The van der Waals surface area contributed by atoms with E-state index in [1.54, 1.807) is 0 Å². The van der Waals surface area contributed by atoms with Gasteiger partial charge in [-0.3, -0.25) is 4.79 Å². The van der Waals surface area contributed by atoms with Crippen LogP contribution < -0.4 is 14.9 Å². The van der Waals surface area contributed by atoms with Crippen molar-refractivity contribution in [1.29, 1.82) is 0 Å². The lowest BCUT2D eigenvalue weighted by molar-refractivity contribution is -0.358. The maximum atomic E-state index is 14.2. The van der Waals surface area contributed by atoms with Crippen LogP contribution >= 0.6 is 0 Å². The van der Waals surface area contributed by atoms with Crippen LogP contribution in [0.2, 0.25) is 0 Å². The van der Waals surface area contributed by atoms with Crippen molar-refractivity contribution in [3.63, 3.8) is 0 Å². The minimum absolute atomic E-state index is 0.136. The van der Waals surface area contributed by atoms with Crippen molar-refractivity contribution in [1.82, 2.24) is 0 Å². The van der Waals surface area contributed by atoms with Crippen molar-refractivity contribution in [2.45, 2.75) is 99.0 Å². The van der Waals surface area contributed by atoms with E-state index in [0.29, 0.717) is 0 Å². The van der Waals surface area contributed by atoms with E-state index < -0.39 is 150 Å². The first kappa shape index (κ1) is 39.8. The second kappa shape index (κ2) is 15.7. The zero-order valence-electron chi connectivity index (χ0n) is 28.0. The number of rotatable bonds is 9. The van der Waals surface area contributed by atoms with E-state index in [1.165, 1.54) is 13.0 Å². The standard InChI is InChI=1S/C33H40O21/c1-9-19(39)23(43)26(46)31(48-9)49-11-5-14(38)18-15(6-11)50-28(10-2-3-12(36)13(37)4-10)29(22(18)42)53-33-30(25(45)21(41)17(8-35)52-33)54-32-27(47)24(44)20(40)16(7-34)51-32/h2-6,9,16-17,19-21,23-27,30-41,43-47H,7-8H2,1H3/t9-,16-,17-,19-,20-,21-,23+,24+,25+,26+,27-,30-,31-,32+,33+/m1/s1. The van der Waals surface area contributed by atoms with E-state index in [1.807, 2.05) is 0 Å². The lowest BCUT2D eigenvalue weighted by atomic mass is 9.97. The number of ether oxygens (including phenoxy) is 6. The third kappa shape index (κ3) is 7.27. The molecule has 4 heterocycles. The van der Waals surface area contributed by atoms with E-state index in [0.717, 1.165) is 24.3 Å². The SMILES string of the molecule is C[C@H]1O[C@H](Oc2cc(O)c3c(=O)c(O[C@@H]4O[C@H](CO)[C@@H](O)[C@H](O)[C@H]4O[C@@H]4O[C@H](CO)[C@@H](O)[C@H](O)[C@H]4O)c(-c4ccc(O)c(O)c4)oc3c2)[C@@H](O)[C@@H](O)[C@@H]1O. The number of aliphatic hydroxyl groups excluding tert-OH is 10. The summed E-state index contributed by atoms with van der Waals surface area (Å²) in [6, 6.07) is 5.20. The quantitative estimate of drug-likeness (QED) is 0.0917. The maximum absolute atomic E-state index is 14.2. The minimum atomic E-state index is -2.03. The lowest BCUT2D eigenvalue weighted by Crippen LogP contribution is -2.65. The first-order valence-electron chi connectivity index (χ1n) is 16.5. The summed E-state index contributed by atoms with van der Waals surface area (Å²) in [7, 11) is 0. The fraction of sp³-hybridized carbons (Fsp3) is 0.545. The van der Waals surface area contributed by atoms with Gasteiger partial charge in [-0.2, -0.15) is 0 Å². The molecule has 0 spiro atoms. The van der Waals surface area contributed by atoms with Gasteiger partial charge < -0.3 is 99.2 Å². The molecule has 3 aliphatic rings. The maximum Gasteiger partial charge on any atom is 0.239 e. The van der Waals surface area contributed by atoms with E-state index in [9.17, 15) is 71.2 Å². The highest BCUT2D eigenvalue weighted by atomic mass is 16.8. The monoisotopic (exact) mass is 772 g/mol. The van der Waals surface area contributed by atoms with Gasteiger partial charge in [-0.15, -0.1) is 0 Å². The van der Waals surface area contributed by atoms with Gasteiger partial charge >= 0.3 is 0 Å². The van der Waals surface area contributed by atoms with Gasteiger partial charge in [0.2, 0.25) is 23.8 Å². The van der Waals surface area contributed by atoms with Crippen LogP contribution in [0.3, 0.4) is 0 Å². The summed E-state index contributed by atoms with van der Waals surface area (Å²) in [5.74, 6) is -3.63. The molecule has 6 rings (SSSR count). The van der Waals surface area contributed by atoms with Crippen LogP contribution in [-0.4, -0.2) is 172 Å². The largest absolute Gasteiger partial charge is 0.507 e. The summed E-state index contributed by atoms with van der Waals surface area (Å²) in [6.07, 6.45) is -26.0. The number of phenolic OH excluding ortho intramolecular Hbond substituents is 3. The number of aromatic hydroxyl groups is 3. The van der Waals surface area contributed by atoms with Gasteiger partial charge in [0.25, 0.3) is 0 Å². The fourth-order valence-corrected chi connectivity index (χ4v) is 6.28. The molecule has 15 atom stereocenters. The minimum Gasteiger partial charge on any atom is -0.507 e. The van der Waals surface area contributed by atoms with Gasteiger partial charge in [0, 0.05) is 17.7 Å². The molecule has 0 saturated carbocycles. The summed E-state index contributed by atoms with van der Waals surface area (Å²) < 4.78 is 39.7. The Balaban J connectivity index is 1.43. The van der Waals surface area contributed by atoms with Gasteiger partial charge in [0.1, 0.15) is 83.5 Å². The molecule has 0 amide bonds. The predicted octanol–water partition coefficient (Wildman–Crippen LogP) is -4.21. The van der Waals surface area contributed by atoms with Crippen molar-refractivity contribution in [2.24, 2.45) is 0 Å². The Morgan fingerprint density at radius 3 is 1.89 bits per heavy atom. The molecule has 21 heteroatoms. The van der Waals surface area contributed by atoms with Crippen LogP contribution in [0.4, 0.5) is 0 Å². The zero-order valence-corrected chi connectivity index (χ0v) is 28.0. The molecular weight excluding hydrogens is 732 g/mol. The molecule has 1 aromatic heterocycles. The van der Waals surface area contributed by atoms with Crippen LogP contribution in [0.5, 0.6) is 28.7 Å². The molecule has 0 aliphatic carbocycles. The van der Waals surface area contributed by atoms with Gasteiger partial charge in [-0.25, -0.2) is 0 Å². The average molecular weight is 773 g/mol. The molecule has 0 unspecified atom stereocenters. The van der Waals surface area contributed by atoms with Crippen molar-refractivity contribution >= 4 is 11.0 Å².